The summed E-state index contributed by atoms with van der Waals surface area (Å²) in [6.45, 7) is 13.3. The summed E-state index contributed by atoms with van der Waals surface area (Å²) in [6.07, 6.45) is 7.51. The van der Waals surface area contributed by atoms with Crippen molar-refractivity contribution in [1.82, 2.24) is 0 Å². The molecule has 11 unspecified atom stereocenters. The van der Waals surface area contributed by atoms with E-state index in [4.69, 9.17) is 0 Å². The van der Waals surface area contributed by atoms with Crippen LogP contribution in [-0.4, -0.2) is 39.8 Å². The van der Waals surface area contributed by atoms with E-state index in [0.29, 0.717) is 18.3 Å². The number of allylic oxidation sites excluding steroid dienone is 2. The highest BCUT2D eigenvalue weighted by Gasteiger charge is 2.71. The van der Waals surface area contributed by atoms with E-state index in [1.807, 2.05) is 6.92 Å². The molecule has 0 spiro atoms. The minimum Gasteiger partial charge on any atom is -0.481 e. The number of carbonyl (C=O) groups is 2. The van der Waals surface area contributed by atoms with Crippen LogP contribution in [0.5, 0.6) is 0 Å². The first kappa shape index (κ1) is 25.4. The van der Waals surface area contributed by atoms with Crippen LogP contribution in [0.25, 0.3) is 0 Å². The molecular formula is C30H46O5. The Hall–Kier alpha value is -1.20. The van der Waals surface area contributed by atoms with E-state index in [2.05, 4.69) is 40.7 Å². The molecule has 0 radical (unpaired) electrons. The third-order valence-corrected chi connectivity index (χ3v) is 13.4. The first-order chi connectivity index (χ1) is 16.2. The summed E-state index contributed by atoms with van der Waals surface area (Å²) in [4.78, 5) is 26.6. The summed E-state index contributed by atoms with van der Waals surface area (Å²) in [6, 6.07) is 0. The van der Waals surface area contributed by atoms with Crippen LogP contribution < -0.4 is 0 Å². The lowest BCUT2D eigenvalue weighted by Crippen LogP contribution is -2.68. The van der Waals surface area contributed by atoms with Crippen LogP contribution in [0, 0.1) is 56.7 Å². The number of Topliss-reactive ketones (excluding diaryl/α,β-unsaturated/α-hetero) is 1. The number of ketones is 1. The molecule has 0 aromatic rings. The quantitative estimate of drug-likeness (QED) is 0.464. The molecule has 0 aliphatic heterocycles. The smallest absolute Gasteiger partial charge is 0.310 e. The minimum absolute atomic E-state index is 0.0526. The van der Waals surface area contributed by atoms with E-state index in [-0.39, 0.29) is 47.4 Å². The molecule has 35 heavy (non-hydrogen) atoms. The number of aliphatic hydroxyl groups excluding tert-OH is 2. The third kappa shape index (κ3) is 2.83. The Bertz CT molecular complexity index is 972. The maximum absolute atomic E-state index is 13.7. The first-order valence-electron chi connectivity index (χ1n) is 14.0. The average Bonchev–Trinajstić information content (AvgIpc) is 2.80. The van der Waals surface area contributed by atoms with E-state index in [1.54, 1.807) is 0 Å². The Morgan fingerprint density at radius 1 is 1.03 bits per heavy atom. The number of aliphatic carboxylic acids is 1. The van der Waals surface area contributed by atoms with Gasteiger partial charge in [-0.1, -0.05) is 53.2 Å². The molecule has 0 amide bonds. The van der Waals surface area contributed by atoms with Gasteiger partial charge in [-0.25, -0.2) is 0 Å². The van der Waals surface area contributed by atoms with E-state index in [9.17, 15) is 24.9 Å². The highest BCUT2D eigenvalue weighted by molar-refractivity contribution is 5.87. The standard InChI is InChI=1S/C30H46O5/c1-17-9-12-30(25(34)35)14-13-27(4)19(24(30)18(17)2)7-8-21-28(27,5)11-10-20-26(3,16-31)22(32)15-23(33)29(20,21)6/h7,17-18,20-22,24,31-32H,8-16H2,1-6H3,(H,34,35). The molecule has 11 atom stereocenters. The molecule has 4 fully saturated rings. The minimum atomic E-state index is -0.803. The van der Waals surface area contributed by atoms with Gasteiger partial charge >= 0.3 is 5.97 Å². The molecule has 0 saturated heterocycles. The molecule has 5 aliphatic carbocycles. The Labute approximate surface area is 210 Å². The van der Waals surface area contributed by atoms with E-state index < -0.39 is 28.3 Å². The fourth-order valence-corrected chi connectivity index (χ4v) is 10.6. The third-order valence-electron chi connectivity index (χ3n) is 13.4. The van der Waals surface area contributed by atoms with Crippen molar-refractivity contribution in [1.29, 1.82) is 0 Å². The zero-order chi connectivity index (χ0) is 25.8. The molecular weight excluding hydrogens is 440 g/mol. The second-order valence-corrected chi connectivity index (χ2v) is 14.2. The lowest BCUT2D eigenvalue weighted by atomic mass is 9.33. The van der Waals surface area contributed by atoms with Crippen molar-refractivity contribution in [2.75, 3.05) is 6.61 Å². The number of hydrogen-bond acceptors (Lipinski definition) is 4. The summed E-state index contributed by atoms with van der Waals surface area (Å²) >= 11 is 0. The molecule has 5 rings (SSSR count). The Morgan fingerprint density at radius 3 is 2.34 bits per heavy atom. The molecule has 5 heteroatoms. The van der Waals surface area contributed by atoms with Gasteiger partial charge in [0.1, 0.15) is 5.78 Å². The van der Waals surface area contributed by atoms with Crippen molar-refractivity contribution < 1.29 is 24.9 Å². The molecule has 5 aliphatic rings. The van der Waals surface area contributed by atoms with E-state index in [1.165, 1.54) is 5.57 Å². The van der Waals surface area contributed by atoms with Gasteiger partial charge in [-0.2, -0.15) is 0 Å². The van der Waals surface area contributed by atoms with Crippen LogP contribution >= 0.6 is 0 Å². The monoisotopic (exact) mass is 486 g/mol. The summed E-state index contributed by atoms with van der Waals surface area (Å²) in [5.41, 5.74) is -0.845. The SMILES string of the molecule is CC1CCC2(C(=O)O)CCC3(C)C(=CCC4C5(C)C(=O)CC(O)C(C)(CO)C5CCC43C)C2C1C. The van der Waals surface area contributed by atoms with Crippen LogP contribution in [-0.2, 0) is 9.59 Å². The van der Waals surface area contributed by atoms with E-state index in [0.717, 1.165) is 38.5 Å². The van der Waals surface area contributed by atoms with Gasteiger partial charge in [0.05, 0.1) is 18.1 Å². The lowest BCUT2D eigenvalue weighted by molar-refractivity contribution is -0.212. The maximum Gasteiger partial charge on any atom is 0.310 e. The van der Waals surface area contributed by atoms with Crippen molar-refractivity contribution in [3.63, 3.8) is 0 Å². The molecule has 4 saturated carbocycles. The summed E-state index contributed by atoms with van der Waals surface area (Å²) in [5.74, 6) is 0.473. The fourth-order valence-electron chi connectivity index (χ4n) is 10.6. The highest BCUT2D eigenvalue weighted by atomic mass is 16.4. The van der Waals surface area contributed by atoms with Crippen LogP contribution in [0.1, 0.15) is 92.9 Å². The van der Waals surface area contributed by atoms with Crippen LogP contribution in [0.15, 0.2) is 11.6 Å². The largest absolute Gasteiger partial charge is 0.481 e. The normalized spacial score (nSPS) is 55.7. The number of rotatable bonds is 2. The van der Waals surface area contributed by atoms with E-state index >= 15 is 0 Å². The van der Waals surface area contributed by atoms with Crippen molar-refractivity contribution in [3.05, 3.63) is 11.6 Å². The zero-order valence-electron chi connectivity index (χ0n) is 22.6. The number of carboxylic acids is 1. The van der Waals surface area contributed by atoms with Gasteiger partial charge in [-0.05, 0) is 85.4 Å². The van der Waals surface area contributed by atoms with Gasteiger partial charge < -0.3 is 15.3 Å². The summed E-state index contributed by atoms with van der Waals surface area (Å²) < 4.78 is 0. The molecule has 0 bridgehead atoms. The Morgan fingerprint density at radius 2 is 1.71 bits per heavy atom. The molecule has 5 nitrogen and oxygen atoms in total. The zero-order valence-corrected chi connectivity index (χ0v) is 22.6. The van der Waals surface area contributed by atoms with Crippen molar-refractivity contribution >= 4 is 11.8 Å². The Kier molecular flexibility index (Phi) is 5.57. The second kappa shape index (κ2) is 7.66. The number of hydrogen-bond donors (Lipinski definition) is 3. The summed E-state index contributed by atoms with van der Waals surface area (Å²) in [7, 11) is 0. The number of carboxylic acid groups (broad SMARTS) is 1. The number of fused-ring (bicyclic) bond motifs is 7. The fraction of sp³-hybridized carbons (Fsp3) is 0.867. The van der Waals surface area contributed by atoms with Gasteiger partial charge in [0.15, 0.2) is 0 Å². The number of aliphatic hydroxyl groups is 2. The molecule has 0 aromatic heterocycles. The van der Waals surface area contributed by atoms with Gasteiger partial charge in [-0.15, -0.1) is 0 Å². The number of carbonyl (C=O) groups excluding carboxylic acids is 1. The van der Waals surface area contributed by atoms with Crippen LogP contribution in [0.4, 0.5) is 0 Å². The van der Waals surface area contributed by atoms with Gasteiger partial charge in [0.2, 0.25) is 0 Å². The maximum atomic E-state index is 13.7. The molecule has 196 valence electrons. The molecule has 0 aromatic carbocycles. The first-order valence-corrected chi connectivity index (χ1v) is 14.0. The molecule has 3 N–H and O–H groups in total. The second-order valence-electron chi connectivity index (χ2n) is 14.2. The lowest BCUT2D eigenvalue weighted by Gasteiger charge is -2.70. The van der Waals surface area contributed by atoms with Crippen LogP contribution in [0.3, 0.4) is 0 Å². The van der Waals surface area contributed by atoms with Crippen LogP contribution in [0.2, 0.25) is 0 Å². The van der Waals surface area contributed by atoms with Crippen molar-refractivity contribution in [3.8, 4) is 0 Å². The highest BCUT2D eigenvalue weighted by Crippen LogP contribution is 2.75. The van der Waals surface area contributed by atoms with Gasteiger partial charge in [0, 0.05) is 17.3 Å². The van der Waals surface area contributed by atoms with Crippen molar-refractivity contribution in [2.45, 2.75) is 99.0 Å². The van der Waals surface area contributed by atoms with Gasteiger partial charge in [-0.3, -0.25) is 9.59 Å². The molecule has 0 heterocycles. The summed E-state index contributed by atoms with van der Waals surface area (Å²) in [5, 5.41) is 31.8. The Balaban J connectivity index is 1.64. The predicted molar refractivity (Wildman–Crippen MR) is 134 cm³/mol. The van der Waals surface area contributed by atoms with Gasteiger partial charge in [0.25, 0.3) is 0 Å². The van der Waals surface area contributed by atoms with Crippen molar-refractivity contribution in [2.24, 2.45) is 56.7 Å². The predicted octanol–water partition coefficient (Wildman–Crippen LogP) is 5.24. The average molecular weight is 487 g/mol. The topological polar surface area (TPSA) is 94.8 Å².